The quantitative estimate of drug-likeness (QED) is 0.316. The second-order valence-corrected chi connectivity index (χ2v) is 5.44. The third-order valence-corrected chi connectivity index (χ3v) is 3.32. The molecule has 0 atom stereocenters. The summed E-state index contributed by atoms with van der Waals surface area (Å²) < 4.78 is 242. The van der Waals surface area contributed by atoms with Crippen LogP contribution < -0.4 is 0 Å². The number of hydrogen-bond donors (Lipinski definition) is 1. The normalized spacial score (nSPS) is 16.7. The van der Waals surface area contributed by atoms with E-state index in [4.69, 9.17) is 5.11 Å². The number of alkyl halides is 18. The number of carbonyl (C=O) groups is 1. The molecule has 0 aromatic heterocycles. The number of carboxylic acid groups (broad SMARTS) is 1. The summed E-state index contributed by atoms with van der Waals surface area (Å²) in [7, 11) is 0. The Kier molecular flexibility index (Phi) is 6.96. The van der Waals surface area contributed by atoms with Gasteiger partial charge in [0, 0.05) is 0 Å². The minimum absolute atomic E-state index is 3.96. The van der Waals surface area contributed by atoms with E-state index in [0.717, 1.165) is 0 Å². The fourth-order valence-electron chi connectivity index (χ4n) is 1.60. The fourth-order valence-corrected chi connectivity index (χ4v) is 1.60. The van der Waals surface area contributed by atoms with Gasteiger partial charge >= 0.3 is 53.9 Å². The number of halogens is 19. The predicted molar refractivity (Wildman–Crippen MR) is 57.6 cm³/mol. The Morgan fingerprint density at radius 1 is 0.500 bits per heavy atom. The molecule has 0 unspecified atom stereocenters. The van der Waals surface area contributed by atoms with Crippen LogP contribution in [-0.2, 0) is 4.79 Å². The van der Waals surface area contributed by atoms with Gasteiger partial charge in [-0.2, -0.15) is 79.0 Å². The van der Waals surface area contributed by atoms with Gasteiger partial charge in [-0.1, -0.05) is 0 Å². The molecule has 32 heavy (non-hydrogen) atoms. The maximum Gasteiger partial charge on any atom is 0.460 e. The summed E-state index contributed by atoms with van der Waals surface area (Å²) in [6.07, 6.45) is -14.9. The number of aliphatic carboxylic acids is 1. The average molecular weight is 526 g/mol. The number of allylic oxidation sites excluding steroid dienone is 1. The number of rotatable bonds is 7. The smallest absolute Gasteiger partial charge is 0.460 e. The Morgan fingerprint density at radius 3 is 1.03 bits per heavy atom. The van der Waals surface area contributed by atoms with Crippen LogP contribution in [0.15, 0.2) is 11.4 Å². The number of hydrogen-bond acceptors (Lipinski definition) is 1. The molecule has 0 amide bonds. The topological polar surface area (TPSA) is 37.3 Å². The molecule has 0 fully saturated rings. The van der Waals surface area contributed by atoms with E-state index < -0.39 is 65.3 Å². The van der Waals surface area contributed by atoms with Gasteiger partial charge in [-0.25, -0.2) is 9.18 Å². The third kappa shape index (κ3) is 3.90. The van der Waals surface area contributed by atoms with Crippen LogP contribution in [0.2, 0.25) is 0 Å². The van der Waals surface area contributed by atoms with Crippen molar-refractivity contribution in [2.45, 2.75) is 47.9 Å². The summed E-state index contributed by atoms with van der Waals surface area (Å²) in [5.74, 6) is -60.7. The lowest BCUT2D eigenvalue weighted by atomic mass is 9.90. The highest BCUT2D eigenvalue weighted by Gasteiger charge is 2.93. The molecule has 0 aliphatic heterocycles. The fraction of sp³-hybridized carbons (Fsp3) is 0.727. The highest BCUT2D eigenvalue weighted by Crippen LogP contribution is 2.63. The first-order valence-corrected chi connectivity index (χ1v) is 6.52. The first kappa shape index (κ1) is 29.9. The second kappa shape index (κ2) is 7.45. The maximum atomic E-state index is 13.3. The van der Waals surface area contributed by atoms with E-state index in [2.05, 4.69) is 0 Å². The molecule has 0 saturated heterocycles. The molecule has 0 spiro atoms. The number of carboxylic acids is 1. The molecule has 1 N–H and O–H groups in total. The van der Waals surface area contributed by atoms with Crippen LogP contribution in [0.5, 0.6) is 0 Å². The van der Waals surface area contributed by atoms with Crippen molar-refractivity contribution in [3.8, 4) is 0 Å². The lowest BCUT2D eigenvalue weighted by molar-refractivity contribution is -0.450. The molecule has 0 heterocycles. The van der Waals surface area contributed by atoms with Crippen molar-refractivity contribution in [2.24, 2.45) is 0 Å². The predicted octanol–water partition coefficient (Wildman–Crippen LogP) is 6.23. The van der Waals surface area contributed by atoms with Crippen LogP contribution >= 0.6 is 0 Å². The molecule has 0 bridgehead atoms. The Morgan fingerprint density at radius 2 is 0.781 bits per heavy atom. The van der Waals surface area contributed by atoms with E-state index in [0.29, 0.717) is 0 Å². The summed E-state index contributed by atoms with van der Waals surface area (Å²) in [4.78, 5) is 10.1. The first-order chi connectivity index (χ1) is 13.5. The SMILES string of the molecule is O=C(O)C(=C(F)C(F)(F)C(F)(F)C(F)(F)C(F)(F)C(F)(F)C(F)(F)C(F)(F)F)C(F)(F)F. The monoisotopic (exact) mass is 526 g/mol. The minimum atomic E-state index is -8.87. The van der Waals surface area contributed by atoms with Crippen LogP contribution in [0.1, 0.15) is 0 Å². The van der Waals surface area contributed by atoms with Gasteiger partial charge in [0.25, 0.3) is 0 Å². The summed E-state index contributed by atoms with van der Waals surface area (Å²) in [5.41, 5.74) is -4.45. The van der Waals surface area contributed by atoms with Crippen LogP contribution in [0.25, 0.3) is 0 Å². The highest BCUT2D eigenvalue weighted by atomic mass is 19.4. The van der Waals surface area contributed by atoms with Crippen molar-refractivity contribution in [2.75, 3.05) is 0 Å². The Labute approximate surface area is 160 Å². The van der Waals surface area contributed by atoms with Gasteiger partial charge in [-0.15, -0.1) is 0 Å². The van der Waals surface area contributed by atoms with Crippen LogP contribution in [0.3, 0.4) is 0 Å². The Hall–Kier alpha value is -2.12. The molecule has 2 nitrogen and oxygen atoms in total. The van der Waals surface area contributed by atoms with Crippen molar-refractivity contribution in [3.05, 3.63) is 11.4 Å². The van der Waals surface area contributed by atoms with E-state index in [9.17, 15) is 88.2 Å². The van der Waals surface area contributed by atoms with Crippen molar-refractivity contribution in [3.63, 3.8) is 0 Å². The van der Waals surface area contributed by atoms with Gasteiger partial charge in [0.15, 0.2) is 11.4 Å². The van der Waals surface area contributed by atoms with Gasteiger partial charge in [-0.05, 0) is 0 Å². The molecule has 0 aromatic carbocycles. The molecular formula is C11HF19O2. The second-order valence-electron chi connectivity index (χ2n) is 5.44. The molecule has 0 aliphatic carbocycles. The van der Waals surface area contributed by atoms with E-state index in [1.54, 1.807) is 0 Å². The molecule has 0 aliphatic rings. The van der Waals surface area contributed by atoms with Crippen molar-refractivity contribution in [1.82, 2.24) is 0 Å². The zero-order chi connectivity index (χ0) is 26.7. The first-order valence-electron chi connectivity index (χ1n) is 6.52. The highest BCUT2D eigenvalue weighted by molar-refractivity contribution is 5.89. The lowest BCUT2D eigenvalue weighted by Crippen LogP contribution is -2.72. The maximum absolute atomic E-state index is 13.3. The Balaban J connectivity index is 7.09. The zero-order valence-corrected chi connectivity index (χ0v) is 13.5. The summed E-state index contributed by atoms with van der Waals surface area (Å²) in [6.45, 7) is 0. The molecular weight excluding hydrogens is 525 g/mol. The van der Waals surface area contributed by atoms with E-state index in [1.165, 1.54) is 0 Å². The van der Waals surface area contributed by atoms with E-state index in [1.807, 2.05) is 0 Å². The summed E-state index contributed by atoms with van der Waals surface area (Å²) in [6, 6.07) is 0. The third-order valence-electron chi connectivity index (χ3n) is 3.32. The van der Waals surface area contributed by atoms with Gasteiger partial charge in [0.05, 0.1) is 0 Å². The van der Waals surface area contributed by atoms with E-state index >= 15 is 0 Å². The summed E-state index contributed by atoms with van der Waals surface area (Å²) >= 11 is 0. The zero-order valence-electron chi connectivity index (χ0n) is 13.5. The standard InChI is InChI=1S/C11HF19O2/c12-2(1(3(31)32)5(15,16)17)4(13,14)6(18,19)7(20,21)8(22,23)9(24,25)10(26,27)11(28,29)30/h(H,31,32). The molecule has 0 aromatic rings. The summed E-state index contributed by atoms with van der Waals surface area (Å²) in [5, 5.41) is 7.92. The Bertz CT molecular complexity index is 767. The van der Waals surface area contributed by atoms with Gasteiger partial charge in [0.2, 0.25) is 0 Å². The average Bonchev–Trinajstić information content (AvgIpc) is 2.50. The van der Waals surface area contributed by atoms with Gasteiger partial charge < -0.3 is 5.11 Å². The molecule has 0 rings (SSSR count). The molecule has 0 radical (unpaired) electrons. The van der Waals surface area contributed by atoms with Crippen LogP contribution in [0, 0.1) is 0 Å². The minimum Gasteiger partial charge on any atom is -0.478 e. The van der Waals surface area contributed by atoms with Crippen molar-refractivity contribution >= 4 is 5.97 Å². The van der Waals surface area contributed by atoms with Crippen LogP contribution in [-0.4, -0.2) is 59.0 Å². The van der Waals surface area contributed by atoms with Crippen molar-refractivity contribution < 1.29 is 93.3 Å². The van der Waals surface area contributed by atoms with E-state index in [-0.39, 0.29) is 0 Å². The van der Waals surface area contributed by atoms with Gasteiger partial charge in [0.1, 0.15) is 0 Å². The van der Waals surface area contributed by atoms with Crippen molar-refractivity contribution in [1.29, 1.82) is 0 Å². The largest absolute Gasteiger partial charge is 0.478 e. The lowest BCUT2D eigenvalue weighted by Gasteiger charge is -2.41. The van der Waals surface area contributed by atoms with Crippen LogP contribution in [0.4, 0.5) is 83.4 Å². The van der Waals surface area contributed by atoms with Gasteiger partial charge in [-0.3, -0.25) is 0 Å². The molecule has 190 valence electrons. The molecule has 21 heteroatoms. The molecule has 0 saturated carbocycles.